The number of carbonyl (C=O) groups is 1. The van der Waals surface area contributed by atoms with Gasteiger partial charge in [-0.3, -0.25) is 4.79 Å². The Morgan fingerprint density at radius 3 is 2.73 bits per heavy atom. The molecule has 2 aliphatic heterocycles. The molecule has 1 unspecified atom stereocenters. The molecule has 0 aromatic carbocycles. The van der Waals surface area contributed by atoms with E-state index in [4.69, 9.17) is 10.00 Å². The number of ether oxygens (including phenoxy) is 1. The summed E-state index contributed by atoms with van der Waals surface area (Å²) in [5, 5.41) is 12.2. The Kier molecular flexibility index (Phi) is 4.82. The van der Waals surface area contributed by atoms with Crippen LogP contribution in [0.5, 0.6) is 0 Å². The maximum absolute atomic E-state index is 12.7. The van der Waals surface area contributed by atoms with Gasteiger partial charge in [-0.25, -0.2) is 4.98 Å². The molecular weight excluding hydrogens is 328 g/mol. The van der Waals surface area contributed by atoms with E-state index >= 15 is 0 Å². The van der Waals surface area contributed by atoms with Crippen molar-refractivity contribution in [1.82, 2.24) is 10.3 Å². The Morgan fingerprint density at radius 2 is 2.12 bits per heavy atom. The van der Waals surface area contributed by atoms with Crippen molar-refractivity contribution < 1.29 is 9.53 Å². The lowest BCUT2D eigenvalue weighted by atomic mass is 9.74. The number of hydrogen-bond acceptors (Lipinski definition) is 5. The summed E-state index contributed by atoms with van der Waals surface area (Å²) in [6.45, 7) is 2.43. The zero-order chi connectivity index (χ0) is 18.0. The summed E-state index contributed by atoms with van der Waals surface area (Å²) in [6.07, 6.45) is 8.76. The molecule has 1 amide bonds. The number of nitriles is 1. The molecule has 4 rings (SSSR count). The largest absolute Gasteiger partial charge is 0.375 e. The molecule has 3 fully saturated rings. The zero-order valence-electron chi connectivity index (χ0n) is 15.1. The number of piperidine rings is 1. The molecular formula is C20H26N4O2. The highest BCUT2D eigenvalue weighted by atomic mass is 16.5. The van der Waals surface area contributed by atoms with Crippen LogP contribution < -0.4 is 10.2 Å². The third kappa shape index (κ3) is 3.54. The molecule has 3 heterocycles. The molecule has 1 aromatic heterocycles. The number of anilines is 1. The van der Waals surface area contributed by atoms with E-state index in [2.05, 4.69) is 21.3 Å². The number of rotatable bonds is 3. The first-order valence-corrected chi connectivity index (χ1v) is 9.73. The van der Waals surface area contributed by atoms with Crippen LogP contribution in [0.1, 0.15) is 50.5 Å². The first-order chi connectivity index (χ1) is 12.7. The van der Waals surface area contributed by atoms with E-state index in [1.807, 2.05) is 6.07 Å². The first kappa shape index (κ1) is 17.3. The van der Waals surface area contributed by atoms with Crippen LogP contribution in [0.25, 0.3) is 0 Å². The van der Waals surface area contributed by atoms with Crippen molar-refractivity contribution in [2.45, 2.75) is 56.6 Å². The van der Waals surface area contributed by atoms with Crippen LogP contribution in [0.15, 0.2) is 18.3 Å². The van der Waals surface area contributed by atoms with Crippen molar-refractivity contribution in [2.24, 2.45) is 5.92 Å². The van der Waals surface area contributed by atoms with Gasteiger partial charge in [-0.2, -0.15) is 5.26 Å². The second-order valence-corrected chi connectivity index (χ2v) is 7.86. The van der Waals surface area contributed by atoms with Gasteiger partial charge >= 0.3 is 0 Å². The third-order valence-corrected chi connectivity index (χ3v) is 6.17. The number of aromatic nitrogens is 1. The van der Waals surface area contributed by atoms with Crippen molar-refractivity contribution in [3.63, 3.8) is 0 Å². The molecule has 0 bridgehead atoms. The predicted molar refractivity (Wildman–Crippen MR) is 97.6 cm³/mol. The zero-order valence-corrected chi connectivity index (χ0v) is 15.1. The molecule has 1 N–H and O–H groups in total. The maximum atomic E-state index is 12.7. The van der Waals surface area contributed by atoms with Crippen molar-refractivity contribution in [1.29, 1.82) is 5.26 Å². The summed E-state index contributed by atoms with van der Waals surface area (Å²) in [6, 6.07) is 6.04. The van der Waals surface area contributed by atoms with Crippen molar-refractivity contribution in [3.05, 3.63) is 23.9 Å². The topological polar surface area (TPSA) is 78.2 Å². The molecule has 6 heteroatoms. The van der Waals surface area contributed by atoms with Crippen LogP contribution in [0.4, 0.5) is 5.82 Å². The van der Waals surface area contributed by atoms with Crippen LogP contribution in [0, 0.1) is 17.2 Å². The van der Waals surface area contributed by atoms with Gasteiger partial charge in [-0.1, -0.05) is 0 Å². The molecule has 3 aliphatic rings. The fourth-order valence-electron chi connectivity index (χ4n) is 4.40. The molecule has 1 saturated carbocycles. The summed E-state index contributed by atoms with van der Waals surface area (Å²) in [5.41, 5.74) is 0.643. The second-order valence-electron chi connectivity index (χ2n) is 7.86. The molecule has 2 saturated heterocycles. The quantitative estimate of drug-likeness (QED) is 0.902. The van der Waals surface area contributed by atoms with E-state index in [1.165, 1.54) is 6.42 Å². The monoisotopic (exact) mass is 354 g/mol. The van der Waals surface area contributed by atoms with E-state index < -0.39 is 0 Å². The normalized spacial score (nSPS) is 25.3. The number of nitrogens with one attached hydrogen (secondary N) is 1. The van der Waals surface area contributed by atoms with E-state index in [0.29, 0.717) is 5.56 Å². The standard InChI is InChI=1S/C20H26N4O2/c21-13-15-2-3-18(22-14-15)24-9-4-16(5-10-24)19(25)23-17-6-11-26-20(12-17)7-1-8-20/h2-3,14,16-17H,1,4-12H2,(H,23,25). The molecule has 6 nitrogen and oxygen atoms in total. The van der Waals surface area contributed by atoms with Crippen molar-refractivity contribution in [3.8, 4) is 6.07 Å². The third-order valence-electron chi connectivity index (χ3n) is 6.17. The van der Waals surface area contributed by atoms with Crippen LogP contribution in [0.2, 0.25) is 0 Å². The Bertz CT molecular complexity index is 685. The van der Waals surface area contributed by atoms with E-state index in [0.717, 1.165) is 64.0 Å². The lowest BCUT2D eigenvalue weighted by molar-refractivity contribution is -0.142. The summed E-state index contributed by atoms with van der Waals surface area (Å²) in [4.78, 5) is 19.2. The Hall–Kier alpha value is -2.13. The van der Waals surface area contributed by atoms with E-state index in [9.17, 15) is 4.79 Å². The highest BCUT2D eigenvalue weighted by Crippen LogP contribution is 2.42. The predicted octanol–water partition coefficient (Wildman–Crippen LogP) is 2.39. The summed E-state index contributed by atoms with van der Waals surface area (Å²) < 4.78 is 5.95. The smallest absolute Gasteiger partial charge is 0.223 e. The molecule has 0 radical (unpaired) electrons. The van der Waals surface area contributed by atoms with Crippen LogP contribution >= 0.6 is 0 Å². The molecule has 138 valence electrons. The Labute approximate surface area is 154 Å². The highest BCUT2D eigenvalue weighted by Gasteiger charge is 2.43. The number of pyridine rings is 1. The fourth-order valence-corrected chi connectivity index (χ4v) is 4.40. The summed E-state index contributed by atoms with van der Waals surface area (Å²) in [5.74, 6) is 1.18. The molecule has 26 heavy (non-hydrogen) atoms. The molecule has 1 atom stereocenters. The Morgan fingerprint density at radius 1 is 1.31 bits per heavy atom. The van der Waals surface area contributed by atoms with Gasteiger partial charge in [0, 0.05) is 37.9 Å². The average Bonchev–Trinajstić information content (AvgIpc) is 2.67. The minimum atomic E-state index is 0.0703. The number of hydrogen-bond donors (Lipinski definition) is 1. The molecule has 1 aliphatic carbocycles. The highest BCUT2D eigenvalue weighted by molar-refractivity contribution is 5.79. The van der Waals surface area contributed by atoms with Gasteiger partial charge < -0.3 is 15.0 Å². The fraction of sp³-hybridized carbons (Fsp3) is 0.650. The number of amides is 1. The van der Waals surface area contributed by atoms with Crippen LogP contribution in [-0.2, 0) is 9.53 Å². The van der Waals surface area contributed by atoms with Crippen LogP contribution in [0.3, 0.4) is 0 Å². The van der Waals surface area contributed by atoms with Crippen molar-refractivity contribution in [2.75, 3.05) is 24.6 Å². The van der Waals surface area contributed by atoms with Gasteiger partial charge in [0.15, 0.2) is 0 Å². The van der Waals surface area contributed by atoms with Gasteiger partial charge in [-0.05, 0) is 57.1 Å². The molecule has 1 spiro atoms. The molecule has 1 aromatic rings. The summed E-state index contributed by atoms with van der Waals surface area (Å²) >= 11 is 0. The summed E-state index contributed by atoms with van der Waals surface area (Å²) in [7, 11) is 0. The lowest BCUT2D eigenvalue weighted by Crippen LogP contribution is -2.53. The number of nitrogens with zero attached hydrogens (tertiary/aromatic N) is 3. The van der Waals surface area contributed by atoms with Crippen molar-refractivity contribution >= 4 is 11.7 Å². The number of carbonyl (C=O) groups excluding carboxylic acids is 1. The Balaban J connectivity index is 1.27. The second kappa shape index (κ2) is 7.24. The van der Waals surface area contributed by atoms with Gasteiger partial charge in [0.05, 0.1) is 11.2 Å². The van der Waals surface area contributed by atoms with Crippen LogP contribution in [-0.4, -0.2) is 42.2 Å². The van der Waals surface area contributed by atoms with Gasteiger partial charge in [0.25, 0.3) is 0 Å². The van der Waals surface area contributed by atoms with E-state index in [1.54, 1.807) is 12.3 Å². The minimum Gasteiger partial charge on any atom is -0.375 e. The average molecular weight is 354 g/mol. The first-order valence-electron chi connectivity index (χ1n) is 9.73. The van der Waals surface area contributed by atoms with Gasteiger partial charge in [-0.15, -0.1) is 0 Å². The van der Waals surface area contributed by atoms with Gasteiger partial charge in [0.2, 0.25) is 5.91 Å². The minimum absolute atomic E-state index is 0.0703. The van der Waals surface area contributed by atoms with Gasteiger partial charge in [0.1, 0.15) is 11.9 Å². The SMILES string of the molecule is N#Cc1ccc(N2CCC(C(=O)NC3CCOC4(CCC4)C3)CC2)nc1. The van der Waals surface area contributed by atoms with E-state index in [-0.39, 0.29) is 23.5 Å². The lowest BCUT2D eigenvalue weighted by Gasteiger charge is -2.47. The maximum Gasteiger partial charge on any atom is 0.223 e.